The van der Waals surface area contributed by atoms with Crippen LogP contribution in [0.25, 0.3) is 11.0 Å². The first-order chi connectivity index (χ1) is 14.1. The first kappa shape index (κ1) is 17.2. The van der Waals surface area contributed by atoms with Gasteiger partial charge < -0.3 is 14.5 Å². The fraction of sp³-hybridized carbons (Fsp3) is 0.136. The molecule has 0 unspecified atom stereocenters. The van der Waals surface area contributed by atoms with Crippen molar-refractivity contribution in [3.63, 3.8) is 0 Å². The summed E-state index contributed by atoms with van der Waals surface area (Å²) in [5.74, 6) is -0.577. The molecule has 1 aliphatic rings. The largest absolute Gasteiger partial charge is 0.478 e. The average molecular weight is 387 g/mol. The molecule has 29 heavy (non-hydrogen) atoms. The van der Waals surface area contributed by atoms with Gasteiger partial charge in [0.1, 0.15) is 11.3 Å². The number of ether oxygens (including phenoxy) is 1. The van der Waals surface area contributed by atoms with Gasteiger partial charge in [-0.3, -0.25) is 9.48 Å². The third-order valence-electron chi connectivity index (χ3n) is 5.04. The van der Waals surface area contributed by atoms with E-state index in [-0.39, 0.29) is 5.91 Å². The number of aryl methyl sites for hydroxylation is 1. The number of fused-ring (bicyclic) bond motifs is 3. The van der Waals surface area contributed by atoms with E-state index in [4.69, 9.17) is 9.15 Å². The van der Waals surface area contributed by atoms with Gasteiger partial charge in [0.2, 0.25) is 0 Å². The second-order valence-corrected chi connectivity index (χ2v) is 6.95. The molecule has 2 aromatic carbocycles. The van der Waals surface area contributed by atoms with Crippen LogP contribution in [0.4, 0.5) is 5.69 Å². The molecule has 3 heterocycles. The number of hydrogen-bond donors (Lipinski definition) is 1. The lowest BCUT2D eigenvalue weighted by atomic mass is 9.90. The first-order valence-corrected chi connectivity index (χ1v) is 9.18. The third kappa shape index (κ3) is 2.87. The Kier molecular flexibility index (Phi) is 3.94. The number of nitrogens with one attached hydrogen (secondary N) is 1. The van der Waals surface area contributed by atoms with Crippen LogP contribution in [-0.4, -0.2) is 21.8 Å². The molecule has 0 aliphatic carbocycles. The van der Waals surface area contributed by atoms with Crippen molar-refractivity contribution in [3.8, 4) is 5.75 Å². The standard InChI is InChI=1S/C22H17N3O4/c1-25-12-13(11-23-25)17-18-19(15-9-5-6-10-16(15)28-22(18)27)29-20(17)21(26)24-14-7-3-2-4-8-14/h2-12,17,20H,1H3,(H,24,26)/t17-,20+/m0/s1. The average Bonchev–Trinajstić information content (AvgIpc) is 3.33. The molecule has 5 rings (SSSR count). The van der Waals surface area contributed by atoms with Crippen LogP contribution in [0, 0.1) is 0 Å². The fourth-order valence-corrected chi connectivity index (χ4v) is 3.76. The highest BCUT2D eigenvalue weighted by molar-refractivity contribution is 5.97. The Bertz CT molecular complexity index is 1280. The number of aromatic nitrogens is 2. The van der Waals surface area contributed by atoms with Crippen LogP contribution in [0.1, 0.15) is 17.0 Å². The van der Waals surface area contributed by atoms with Crippen LogP contribution in [0.5, 0.6) is 5.75 Å². The highest BCUT2D eigenvalue weighted by Gasteiger charge is 2.44. The summed E-state index contributed by atoms with van der Waals surface area (Å²) in [5.41, 5.74) is 1.61. The van der Waals surface area contributed by atoms with Gasteiger partial charge in [-0.25, -0.2) is 4.79 Å². The lowest BCUT2D eigenvalue weighted by Gasteiger charge is -2.17. The van der Waals surface area contributed by atoms with Crippen LogP contribution in [0.15, 0.2) is 76.2 Å². The minimum atomic E-state index is -0.928. The van der Waals surface area contributed by atoms with E-state index in [1.54, 1.807) is 48.4 Å². The maximum absolute atomic E-state index is 13.1. The lowest BCUT2D eigenvalue weighted by Crippen LogP contribution is -2.35. The van der Waals surface area contributed by atoms with Gasteiger partial charge >= 0.3 is 5.63 Å². The van der Waals surface area contributed by atoms with E-state index in [2.05, 4.69) is 10.4 Å². The highest BCUT2D eigenvalue weighted by Crippen LogP contribution is 2.44. The molecule has 4 aromatic rings. The summed E-state index contributed by atoms with van der Waals surface area (Å²) in [6, 6.07) is 16.3. The molecule has 1 aliphatic heterocycles. The topological polar surface area (TPSA) is 86.4 Å². The van der Waals surface area contributed by atoms with Crippen molar-refractivity contribution in [2.24, 2.45) is 7.05 Å². The minimum Gasteiger partial charge on any atom is -0.478 e. The quantitative estimate of drug-likeness (QED) is 0.546. The zero-order valence-electron chi connectivity index (χ0n) is 15.5. The Morgan fingerprint density at radius 1 is 1.10 bits per heavy atom. The summed E-state index contributed by atoms with van der Waals surface area (Å²) in [4.78, 5) is 26.0. The highest BCUT2D eigenvalue weighted by atomic mass is 16.5. The van der Waals surface area contributed by atoms with Gasteiger partial charge in [0.15, 0.2) is 6.10 Å². The molecular weight excluding hydrogens is 370 g/mol. The zero-order chi connectivity index (χ0) is 20.0. The van der Waals surface area contributed by atoms with E-state index in [1.807, 2.05) is 30.3 Å². The van der Waals surface area contributed by atoms with Crippen LogP contribution in [0.2, 0.25) is 0 Å². The Labute approximate surface area is 165 Å². The normalized spacial score (nSPS) is 17.7. The van der Waals surface area contributed by atoms with Crippen LogP contribution in [0.3, 0.4) is 0 Å². The number of anilines is 1. The Morgan fingerprint density at radius 3 is 2.62 bits per heavy atom. The van der Waals surface area contributed by atoms with Gasteiger partial charge in [-0.05, 0) is 24.3 Å². The summed E-state index contributed by atoms with van der Waals surface area (Å²) >= 11 is 0. The summed E-state index contributed by atoms with van der Waals surface area (Å²) in [5, 5.41) is 7.73. The number of nitrogens with zero attached hydrogens (tertiary/aromatic N) is 2. The van der Waals surface area contributed by atoms with E-state index in [0.29, 0.717) is 33.5 Å². The number of rotatable bonds is 3. The number of amides is 1. The molecule has 7 heteroatoms. The van der Waals surface area contributed by atoms with Crippen molar-refractivity contribution in [2.45, 2.75) is 12.0 Å². The summed E-state index contributed by atoms with van der Waals surface area (Å²) < 4.78 is 13.2. The molecular formula is C22H17N3O4. The SMILES string of the molecule is Cn1cc([C@H]2c3c(c4ccccc4oc3=O)O[C@H]2C(=O)Nc2ccccc2)cn1. The molecule has 0 radical (unpaired) electrons. The van der Waals surface area contributed by atoms with Crippen molar-refractivity contribution in [1.82, 2.24) is 9.78 Å². The molecule has 2 aromatic heterocycles. The number of para-hydroxylation sites is 2. The number of carbonyl (C=O) groups is 1. The Hall–Kier alpha value is -3.87. The molecule has 0 saturated heterocycles. The van der Waals surface area contributed by atoms with E-state index in [1.165, 1.54) is 0 Å². The van der Waals surface area contributed by atoms with Crippen molar-refractivity contribution < 1.29 is 13.9 Å². The maximum Gasteiger partial charge on any atom is 0.344 e. The van der Waals surface area contributed by atoms with E-state index in [0.717, 1.165) is 0 Å². The van der Waals surface area contributed by atoms with Crippen molar-refractivity contribution in [1.29, 1.82) is 0 Å². The summed E-state index contributed by atoms with van der Waals surface area (Å²) in [6.45, 7) is 0. The number of hydrogen-bond acceptors (Lipinski definition) is 5. The van der Waals surface area contributed by atoms with Gasteiger partial charge in [-0.1, -0.05) is 30.3 Å². The van der Waals surface area contributed by atoms with Crippen LogP contribution in [-0.2, 0) is 11.8 Å². The van der Waals surface area contributed by atoms with Crippen LogP contribution >= 0.6 is 0 Å². The first-order valence-electron chi connectivity index (χ1n) is 9.18. The fourth-order valence-electron chi connectivity index (χ4n) is 3.76. The number of carbonyl (C=O) groups excluding carboxylic acids is 1. The van der Waals surface area contributed by atoms with Crippen LogP contribution < -0.4 is 15.7 Å². The molecule has 2 atom stereocenters. The summed E-state index contributed by atoms with van der Waals surface area (Å²) in [7, 11) is 1.78. The van der Waals surface area contributed by atoms with Gasteiger partial charge in [0.25, 0.3) is 5.91 Å². The minimum absolute atomic E-state index is 0.338. The van der Waals surface area contributed by atoms with Gasteiger partial charge in [0, 0.05) is 24.5 Å². The Morgan fingerprint density at radius 2 is 1.86 bits per heavy atom. The van der Waals surface area contributed by atoms with Gasteiger partial charge in [0.05, 0.1) is 23.1 Å². The van der Waals surface area contributed by atoms with Gasteiger partial charge in [-0.15, -0.1) is 0 Å². The molecule has 0 bridgehead atoms. The van der Waals surface area contributed by atoms with Crippen molar-refractivity contribution in [2.75, 3.05) is 5.32 Å². The predicted molar refractivity (Wildman–Crippen MR) is 107 cm³/mol. The monoisotopic (exact) mass is 387 g/mol. The second-order valence-electron chi connectivity index (χ2n) is 6.95. The molecule has 1 N–H and O–H groups in total. The molecule has 0 fully saturated rings. The zero-order valence-corrected chi connectivity index (χ0v) is 15.5. The summed E-state index contributed by atoms with van der Waals surface area (Å²) in [6.07, 6.45) is 2.49. The Balaban J connectivity index is 1.64. The second kappa shape index (κ2) is 6.63. The molecule has 0 spiro atoms. The van der Waals surface area contributed by atoms with Crippen molar-refractivity contribution >= 4 is 22.6 Å². The predicted octanol–water partition coefficient (Wildman–Crippen LogP) is 3.06. The van der Waals surface area contributed by atoms with E-state index in [9.17, 15) is 9.59 Å². The number of benzene rings is 2. The van der Waals surface area contributed by atoms with Gasteiger partial charge in [-0.2, -0.15) is 5.10 Å². The van der Waals surface area contributed by atoms with E-state index < -0.39 is 17.6 Å². The maximum atomic E-state index is 13.1. The van der Waals surface area contributed by atoms with Crippen molar-refractivity contribution in [3.05, 3.63) is 88.5 Å². The molecule has 0 saturated carbocycles. The molecule has 7 nitrogen and oxygen atoms in total. The molecule has 144 valence electrons. The smallest absolute Gasteiger partial charge is 0.344 e. The molecule has 1 amide bonds. The third-order valence-corrected chi connectivity index (χ3v) is 5.04. The lowest BCUT2D eigenvalue weighted by molar-refractivity contribution is -0.122. The van der Waals surface area contributed by atoms with E-state index >= 15 is 0 Å².